The first-order valence-corrected chi connectivity index (χ1v) is 7.78. The highest BCUT2D eigenvalue weighted by atomic mass is 16.7. The predicted molar refractivity (Wildman–Crippen MR) is 87.7 cm³/mol. The Morgan fingerprint density at radius 1 is 1.04 bits per heavy atom. The predicted octanol–water partition coefficient (Wildman–Crippen LogP) is 2.16. The number of hydrogen-bond acceptors (Lipinski definition) is 6. The van der Waals surface area contributed by atoms with Crippen LogP contribution in [-0.4, -0.2) is 43.3 Å². The summed E-state index contributed by atoms with van der Waals surface area (Å²) >= 11 is 0. The lowest BCUT2D eigenvalue weighted by molar-refractivity contribution is -0.222. The molecule has 1 N–H and O–H groups in total. The van der Waals surface area contributed by atoms with Crippen LogP contribution in [0.5, 0.6) is 0 Å². The molecule has 0 aliphatic heterocycles. The zero-order valence-electron chi connectivity index (χ0n) is 14.4. The second kappa shape index (κ2) is 9.14. The fourth-order valence-electron chi connectivity index (χ4n) is 2.15. The Morgan fingerprint density at radius 2 is 1.67 bits per heavy atom. The van der Waals surface area contributed by atoms with E-state index in [0.29, 0.717) is 5.69 Å². The molecule has 0 bridgehead atoms. The Morgan fingerprint density at radius 3 is 2.17 bits per heavy atom. The van der Waals surface area contributed by atoms with Crippen molar-refractivity contribution >= 4 is 23.3 Å². The average Bonchev–Trinajstić information content (AvgIpc) is 2.53. The van der Waals surface area contributed by atoms with Crippen LogP contribution in [0.3, 0.4) is 0 Å². The van der Waals surface area contributed by atoms with Gasteiger partial charge in [-0.3, -0.25) is 9.59 Å². The summed E-state index contributed by atoms with van der Waals surface area (Å²) in [5.41, 5.74) is 0.593. The zero-order chi connectivity index (χ0) is 18.2. The van der Waals surface area contributed by atoms with Crippen LogP contribution in [0.4, 0.5) is 5.69 Å². The van der Waals surface area contributed by atoms with E-state index < -0.39 is 17.5 Å². The lowest BCUT2D eigenvalue weighted by Gasteiger charge is -2.29. The Balaban J connectivity index is 3.28. The average molecular weight is 337 g/mol. The van der Waals surface area contributed by atoms with Gasteiger partial charge in [0, 0.05) is 31.4 Å². The number of anilines is 1. The molecular formula is C17H23NO6. The summed E-state index contributed by atoms with van der Waals surface area (Å²) in [6, 6.07) is 6.19. The van der Waals surface area contributed by atoms with E-state index in [9.17, 15) is 14.4 Å². The molecule has 0 radical (unpaired) electrons. The number of benzene rings is 1. The Hall–Kier alpha value is -2.25. The molecule has 1 amide bonds. The van der Waals surface area contributed by atoms with E-state index in [1.165, 1.54) is 19.1 Å². The van der Waals surface area contributed by atoms with Crippen molar-refractivity contribution in [1.29, 1.82) is 0 Å². The van der Waals surface area contributed by atoms with Gasteiger partial charge in [-0.2, -0.15) is 0 Å². The largest absolute Gasteiger partial charge is 0.462 e. The smallest absolute Gasteiger partial charge is 0.375 e. The van der Waals surface area contributed by atoms with Crippen molar-refractivity contribution in [3.05, 3.63) is 29.8 Å². The molecule has 0 aliphatic carbocycles. The van der Waals surface area contributed by atoms with Gasteiger partial charge < -0.3 is 19.5 Å². The number of carbonyl (C=O) groups excluding carboxylic acids is 3. The Bertz CT molecular complexity index is 592. The number of nitrogens with one attached hydrogen (secondary N) is 1. The summed E-state index contributed by atoms with van der Waals surface area (Å²) in [6.45, 7) is 6.52. The number of rotatable bonds is 9. The van der Waals surface area contributed by atoms with Crippen LogP contribution in [0.1, 0.15) is 38.1 Å². The van der Waals surface area contributed by atoms with E-state index in [1.54, 1.807) is 32.9 Å². The summed E-state index contributed by atoms with van der Waals surface area (Å²) in [4.78, 5) is 36.5. The summed E-state index contributed by atoms with van der Waals surface area (Å²) in [6.07, 6.45) is 0. The SMILES string of the molecule is CCOC(=O)C(OCC)(OCC)C(=O)c1cccc(NC(C)=O)c1. The van der Waals surface area contributed by atoms with Crippen LogP contribution in [0.25, 0.3) is 0 Å². The molecule has 0 saturated heterocycles. The van der Waals surface area contributed by atoms with Crippen molar-refractivity contribution in [2.75, 3.05) is 25.1 Å². The fourth-order valence-corrected chi connectivity index (χ4v) is 2.15. The fraction of sp³-hybridized carbons (Fsp3) is 0.471. The van der Waals surface area contributed by atoms with E-state index in [1.807, 2.05) is 0 Å². The minimum Gasteiger partial charge on any atom is -0.462 e. The molecule has 0 saturated carbocycles. The lowest BCUT2D eigenvalue weighted by atomic mass is 10.0. The van der Waals surface area contributed by atoms with Gasteiger partial charge in [-0.1, -0.05) is 12.1 Å². The molecule has 24 heavy (non-hydrogen) atoms. The topological polar surface area (TPSA) is 90.9 Å². The molecule has 7 nitrogen and oxygen atoms in total. The minimum absolute atomic E-state index is 0.0793. The number of ketones is 1. The van der Waals surface area contributed by atoms with Gasteiger partial charge in [0.15, 0.2) is 0 Å². The standard InChI is InChI=1S/C17H23NO6/c1-5-22-16(21)17(23-6-2,24-7-3)15(20)13-9-8-10-14(11-13)18-12(4)19/h8-11H,5-7H2,1-4H3,(H,18,19). The molecule has 7 heteroatoms. The van der Waals surface area contributed by atoms with E-state index in [0.717, 1.165) is 0 Å². The van der Waals surface area contributed by atoms with Gasteiger partial charge in [0.05, 0.1) is 6.61 Å². The van der Waals surface area contributed by atoms with E-state index in [-0.39, 0.29) is 31.3 Å². The summed E-state index contributed by atoms with van der Waals surface area (Å²) in [7, 11) is 0. The van der Waals surface area contributed by atoms with Crippen LogP contribution < -0.4 is 5.32 Å². The Kier molecular flexibility index (Phi) is 7.54. The maximum absolute atomic E-state index is 12.9. The lowest BCUT2D eigenvalue weighted by Crippen LogP contribution is -2.52. The third-order valence-corrected chi connectivity index (χ3v) is 2.98. The van der Waals surface area contributed by atoms with Crippen LogP contribution in [0.2, 0.25) is 0 Å². The van der Waals surface area contributed by atoms with E-state index >= 15 is 0 Å². The molecule has 1 aromatic rings. The van der Waals surface area contributed by atoms with E-state index in [2.05, 4.69) is 5.32 Å². The monoisotopic (exact) mass is 337 g/mol. The second-order valence-corrected chi connectivity index (χ2v) is 4.79. The van der Waals surface area contributed by atoms with Crippen LogP contribution in [0, 0.1) is 0 Å². The van der Waals surface area contributed by atoms with Crippen molar-refractivity contribution in [3.8, 4) is 0 Å². The number of Topliss-reactive ketones (excluding diaryl/α,β-unsaturated/α-hetero) is 1. The summed E-state index contributed by atoms with van der Waals surface area (Å²) in [5.74, 6) is -4.01. The van der Waals surface area contributed by atoms with Crippen LogP contribution in [0.15, 0.2) is 24.3 Å². The maximum atomic E-state index is 12.9. The van der Waals surface area contributed by atoms with Gasteiger partial charge >= 0.3 is 11.8 Å². The van der Waals surface area contributed by atoms with Gasteiger partial charge in [-0.05, 0) is 32.9 Å². The molecule has 0 unspecified atom stereocenters. The second-order valence-electron chi connectivity index (χ2n) is 4.79. The van der Waals surface area contributed by atoms with Crippen molar-refractivity contribution in [2.45, 2.75) is 33.5 Å². The molecule has 132 valence electrons. The number of ether oxygens (including phenoxy) is 3. The molecule has 0 fully saturated rings. The van der Waals surface area contributed by atoms with Gasteiger partial charge in [0.25, 0.3) is 0 Å². The minimum atomic E-state index is -2.16. The molecule has 0 heterocycles. The normalized spacial score (nSPS) is 11.0. The molecule has 1 rings (SSSR count). The van der Waals surface area contributed by atoms with Gasteiger partial charge in [-0.15, -0.1) is 0 Å². The van der Waals surface area contributed by atoms with Gasteiger partial charge in [0.2, 0.25) is 11.7 Å². The van der Waals surface area contributed by atoms with Crippen molar-refractivity contribution in [2.24, 2.45) is 0 Å². The first kappa shape index (κ1) is 19.8. The molecule has 0 aliphatic rings. The third-order valence-electron chi connectivity index (χ3n) is 2.98. The summed E-state index contributed by atoms with van der Waals surface area (Å²) < 4.78 is 15.7. The first-order chi connectivity index (χ1) is 11.4. The van der Waals surface area contributed by atoms with Gasteiger partial charge in [0.1, 0.15) is 0 Å². The Labute approximate surface area is 141 Å². The van der Waals surface area contributed by atoms with Crippen LogP contribution in [-0.2, 0) is 23.8 Å². The van der Waals surface area contributed by atoms with Crippen LogP contribution >= 0.6 is 0 Å². The molecular weight excluding hydrogens is 314 g/mol. The first-order valence-electron chi connectivity index (χ1n) is 7.78. The van der Waals surface area contributed by atoms with Gasteiger partial charge in [-0.25, -0.2) is 4.79 Å². The molecule has 1 aromatic carbocycles. The number of amides is 1. The van der Waals surface area contributed by atoms with Crippen molar-refractivity contribution in [3.63, 3.8) is 0 Å². The number of carbonyl (C=O) groups is 3. The zero-order valence-corrected chi connectivity index (χ0v) is 14.4. The van der Waals surface area contributed by atoms with Crippen molar-refractivity contribution in [1.82, 2.24) is 0 Å². The van der Waals surface area contributed by atoms with Crippen molar-refractivity contribution < 1.29 is 28.6 Å². The summed E-state index contributed by atoms with van der Waals surface area (Å²) in [5, 5.41) is 2.58. The number of hydrogen-bond donors (Lipinski definition) is 1. The molecule has 0 spiro atoms. The third kappa shape index (κ3) is 4.62. The quantitative estimate of drug-likeness (QED) is 0.321. The van der Waals surface area contributed by atoms with E-state index in [4.69, 9.17) is 14.2 Å². The number of esters is 1. The maximum Gasteiger partial charge on any atom is 0.375 e. The highest BCUT2D eigenvalue weighted by molar-refractivity contribution is 6.14. The highest BCUT2D eigenvalue weighted by Gasteiger charge is 2.50. The molecule has 0 aromatic heterocycles. The highest BCUT2D eigenvalue weighted by Crippen LogP contribution is 2.24. The molecule has 0 atom stereocenters.